The van der Waals surface area contributed by atoms with Crippen molar-refractivity contribution in [2.24, 2.45) is 0 Å². The molecule has 0 atom stereocenters. The van der Waals surface area contributed by atoms with Crippen LogP contribution >= 0.6 is 12.4 Å². The molecule has 0 unspecified atom stereocenters. The van der Waals surface area contributed by atoms with Crippen molar-refractivity contribution in [2.75, 3.05) is 26.2 Å². The monoisotopic (exact) mass is 416 g/mol. The van der Waals surface area contributed by atoms with Crippen LogP contribution in [0.25, 0.3) is 11.4 Å². The summed E-state index contributed by atoms with van der Waals surface area (Å²) < 4.78 is 82.5. The van der Waals surface area contributed by atoms with Gasteiger partial charge in [0.25, 0.3) is 0 Å². The van der Waals surface area contributed by atoms with Gasteiger partial charge in [-0.15, -0.1) is 12.4 Å². The van der Waals surface area contributed by atoms with Crippen LogP contribution in [0.15, 0.2) is 22.7 Å². The molecule has 3 rings (SSSR count). The SMILES string of the molecule is Cl.FC(F)(F)c1cc(-c2noc(CN3CCNCC3)n2)cc(C(F)(F)F)c1. The fraction of sp³-hybridized carbons (Fsp3) is 0.467. The molecule has 1 aliphatic rings. The molecule has 2 aromatic rings. The number of piperazine rings is 1. The average Bonchev–Trinajstić information content (AvgIpc) is 3.02. The molecule has 2 heterocycles. The number of aromatic nitrogens is 2. The lowest BCUT2D eigenvalue weighted by molar-refractivity contribution is -0.143. The van der Waals surface area contributed by atoms with Crippen molar-refractivity contribution >= 4 is 12.4 Å². The standard InChI is InChI=1S/C15H14F6N4O.ClH/c16-14(17,18)10-5-9(6-11(7-10)15(19,20)21)13-23-12(26-24-13)8-25-3-1-22-2-4-25;/h5-7,22H,1-4,8H2;1H. The van der Waals surface area contributed by atoms with E-state index in [9.17, 15) is 26.3 Å². The van der Waals surface area contributed by atoms with Gasteiger partial charge in [0.2, 0.25) is 11.7 Å². The number of benzene rings is 1. The van der Waals surface area contributed by atoms with E-state index in [0.717, 1.165) is 26.2 Å². The van der Waals surface area contributed by atoms with Crippen molar-refractivity contribution < 1.29 is 30.9 Å². The van der Waals surface area contributed by atoms with E-state index in [4.69, 9.17) is 4.52 Å². The molecule has 5 nitrogen and oxygen atoms in total. The van der Waals surface area contributed by atoms with E-state index in [0.29, 0.717) is 12.1 Å². The quantitative estimate of drug-likeness (QED) is 0.775. The number of alkyl halides is 6. The first-order valence-electron chi connectivity index (χ1n) is 7.68. The van der Waals surface area contributed by atoms with Gasteiger partial charge in [-0.25, -0.2) is 0 Å². The Morgan fingerprint density at radius 3 is 2.04 bits per heavy atom. The Hall–Kier alpha value is -1.85. The maximum Gasteiger partial charge on any atom is 0.416 e. The third-order valence-corrected chi connectivity index (χ3v) is 3.88. The predicted molar refractivity (Wildman–Crippen MR) is 85.1 cm³/mol. The first-order chi connectivity index (χ1) is 12.1. The molecule has 0 amide bonds. The zero-order valence-corrected chi connectivity index (χ0v) is 14.5. The molecule has 1 saturated heterocycles. The molecular formula is C15H15ClF6N4O. The fourth-order valence-electron chi connectivity index (χ4n) is 2.58. The molecule has 1 N–H and O–H groups in total. The van der Waals surface area contributed by atoms with Crippen LogP contribution in [-0.4, -0.2) is 41.2 Å². The Morgan fingerprint density at radius 2 is 1.52 bits per heavy atom. The number of rotatable bonds is 3. The van der Waals surface area contributed by atoms with Gasteiger partial charge in [0, 0.05) is 31.7 Å². The summed E-state index contributed by atoms with van der Waals surface area (Å²) in [6.07, 6.45) is -9.85. The Morgan fingerprint density at radius 1 is 0.963 bits per heavy atom. The summed E-state index contributed by atoms with van der Waals surface area (Å²) in [7, 11) is 0. The van der Waals surface area contributed by atoms with Crippen LogP contribution in [0.4, 0.5) is 26.3 Å². The second-order valence-corrected chi connectivity index (χ2v) is 5.83. The molecule has 27 heavy (non-hydrogen) atoms. The Bertz CT molecular complexity index is 738. The van der Waals surface area contributed by atoms with Crippen LogP contribution < -0.4 is 5.32 Å². The lowest BCUT2D eigenvalue weighted by Gasteiger charge is -2.25. The molecule has 1 aliphatic heterocycles. The molecule has 1 aromatic carbocycles. The highest BCUT2D eigenvalue weighted by Gasteiger charge is 2.37. The topological polar surface area (TPSA) is 54.2 Å². The molecule has 12 heteroatoms. The number of hydrogen-bond acceptors (Lipinski definition) is 5. The highest BCUT2D eigenvalue weighted by atomic mass is 35.5. The van der Waals surface area contributed by atoms with Gasteiger partial charge < -0.3 is 9.84 Å². The molecule has 0 bridgehead atoms. The first kappa shape index (κ1) is 21.5. The second kappa shape index (κ2) is 8.03. The smallest absolute Gasteiger partial charge is 0.338 e. The van der Waals surface area contributed by atoms with Gasteiger partial charge in [-0.2, -0.15) is 31.3 Å². The number of halogens is 7. The Labute approximate surface area is 156 Å². The van der Waals surface area contributed by atoms with Crippen LogP contribution in [0.5, 0.6) is 0 Å². The van der Waals surface area contributed by atoms with Crippen LogP contribution in [0.1, 0.15) is 17.0 Å². The van der Waals surface area contributed by atoms with Crippen LogP contribution in [0.2, 0.25) is 0 Å². The van der Waals surface area contributed by atoms with Crippen molar-refractivity contribution in [1.82, 2.24) is 20.4 Å². The van der Waals surface area contributed by atoms with Gasteiger partial charge in [-0.1, -0.05) is 5.16 Å². The minimum atomic E-state index is -4.93. The highest BCUT2D eigenvalue weighted by molar-refractivity contribution is 5.85. The highest BCUT2D eigenvalue weighted by Crippen LogP contribution is 2.38. The zero-order valence-electron chi connectivity index (χ0n) is 13.7. The van der Waals surface area contributed by atoms with Crippen molar-refractivity contribution in [2.45, 2.75) is 18.9 Å². The third-order valence-electron chi connectivity index (χ3n) is 3.88. The van der Waals surface area contributed by atoms with E-state index in [1.807, 2.05) is 4.90 Å². The summed E-state index contributed by atoms with van der Waals surface area (Å²) in [5, 5.41) is 6.69. The molecule has 0 saturated carbocycles. The van der Waals surface area contributed by atoms with Crippen molar-refractivity contribution in [3.8, 4) is 11.4 Å². The molecular weight excluding hydrogens is 402 g/mol. The largest absolute Gasteiger partial charge is 0.416 e. The maximum atomic E-state index is 12.9. The van der Waals surface area contributed by atoms with E-state index in [1.54, 1.807) is 0 Å². The summed E-state index contributed by atoms with van der Waals surface area (Å²) in [6.45, 7) is 3.26. The molecule has 0 radical (unpaired) electrons. The number of nitrogens with one attached hydrogen (secondary N) is 1. The predicted octanol–water partition coefficient (Wildman–Crippen LogP) is 3.60. The van der Waals surface area contributed by atoms with Crippen LogP contribution in [-0.2, 0) is 18.9 Å². The van der Waals surface area contributed by atoms with E-state index < -0.39 is 29.0 Å². The van der Waals surface area contributed by atoms with Gasteiger partial charge in [-0.05, 0) is 18.2 Å². The minimum Gasteiger partial charge on any atom is -0.338 e. The van der Waals surface area contributed by atoms with Gasteiger partial charge in [0.05, 0.1) is 17.7 Å². The van der Waals surface area contributed by atoms with Crippen LogP contribution in [0, 0.1) is 0 Å². The summed E-state index contributed by atoms with van der Waals surface area (Å²) in [5.41, 5.74) is -3.24. The van der Waals surface area contributed by atoms with Gasteiger partial charge in [-0.3, -0.25) is 4.90 Å². The van der Waals surface area contributed by atoms with Gasteiger partial charge in [0.15, 0.2) is 0 Å². The number of nitrogens with zero attached hydrogens (tertiary/aromatic N) is 3. The molecule has 1 aromatic heterocycles. The molecule has 0 aliphatic carbocycles. The number of hydrogen-bond donors (Lipinski definition) is 1. The average molecular weight is 417 g/mol. The lowest BCUT2D eigenvalue weighted by atomic mass is 10.0. The zero-order chi connectivity index (χ0) is 18.9. The minimum absolute atomic E-state index is 0. The second-order valence-electron chi connectivity index (χ2n) is 5.83. The van der Waals surface area contributed by atoms with E-state index in [1.165, 1.54) is 0 Å². The Kier molecular flexibility index (Phi) is 6.38. The van der Waals surface area contributed by atoms with Gasteiger partial charge >= 0.3 is 12.4 Å². The fourth-order valence-corrected chi connectivity index (χ4v) is 2.58. The molecule has 150 valence electrons. The van der Waals surface area contributed by atoms with E-state index >= 15 is 0 Å². The van der Waals surface area contributed by atoms with Gasteiger partial charge in [0.1, 0.15) is 0 Å². The van der Waals surface area contributed by atoms with E-state index in [-0.39, 0.29) is 36.7 Å². The summed E-state index contributed by atoms with van der Waals surface area (Å²) in [5.74, 6) is -0.181. The van der Waals surface area contributed by atoms with E-state index in [2.05, 4.69) is 15.5 Å². The van der Waals surface area contributed by atoms with Crippen molar-refractivity contribution in [1.29, 1.82) is 0 Å². The normalized spacial score (nSPS) is 16.2. The third kappa shape index (κ3) is 5.33. The first-order valence-corrected chi connectivity index (χ1v) is 7.68. The summed E-state index contributed by atoms with van der Waals surface area (Å²) >= 11 is 0. The summed E-state index contributed by atoms with van der Waals surface area (Å²) in [4.78, 5) is 5.93. The Balaban J connectivity index is 0.00000261. The maximum absolute atomic E-state index is 12.9. The van der Waals surface area contributed by atoms with Crippen molar-refractivity contribution in [3.05, 3.63) is 35.2 Å². The summed E-state index contributed by atoms with van der Waals surface area (Å²) in [6, 6.07) is 1.22. The van der Waals surface area contributed by atoms with Crippen LogP contribution in [0.3, 0.4) is 0 Å². The van der Waals surface area contributed by atoms with Crippen molar-refractivity contribution in [3.63, 3.8) is 0 Å². The molecule has 1 fully saturated rings. The lowest BCUT2D eigenvalue weighted by Crippen LogP contribution is -2.42. The molecule has 0 spiro atoms.